The molecule has 0 amide bonds. The van der Waals surface area contributed by atoms with E-state index in [9.17, 15) is 13.2 Å². The van der Waals surface area contributed by atoms with Crippen molar-refractivity contribution < 1.29 is 13.2 Å². The fourth-order valence-electron chi connectivity index (χ4n) is 2.50. The van der Waals surface area contributed by atoms with E-state index in [0.29, 0.717) is 5.56 Å². The summed E-state index contributed by atoms with van der Waals surface area (Å²) in [5.74, 6) is -3.75. The topological polar surface area (TPSA) is 0 Å². The molecule has 2 aromatic rings. The van der Waals surface area contributed by atoms with Crippen molar-refractivity contribution in [2.24, 2.45) is 0 Å². The first-order chi connectivity index (χ1) is 9.06. The standard InChI is InChI=1S/C16H11F3/c1-9-5-10-3-2-4-12(13(10)6-9)11-7-14(17)16(19)15(18)8-11/h2-4,6-8H,5H2,1H3. The molecular weight excluding hydrogens is 249 g/mol. The van der Waals surface area contributed by atoms with Gasteiger partial charge in [-0.15, -0.1) is 0 Å². The smallest absolute Gasteiger partial charge is 0.194 e. The molecule has 96 valence electrons. The Morgan fingerprint density at radius 2 is 1.68 bits per heavy atom. The first-order valence-electron chi connectivity index (χ1n) is 6.00. The monoisotopic (exact) mass is 260 g/mol. The van der Waals surface area contributed by atoms with Gasteiger partial charge in [0.2, 0.25) is 0 Å². The second-order valence-corrected chi connectivity index (χ2v) is 4.80. The molecule has 0 bridgehead atoms. The number of hydrogen-bond donors (Lipinski definition) is 0. The molecule has 2 aromatic carbocycles. The van der Waals surface area contributed by atoms with Gasteiger partial charge in [0, 0.05) is 0 Å². The maximum absolute atomic E-state index is 13.3. The van der Waals surface area contributed by atoms with E-state index in [0.717, 1.165) is 35.2 Å². The van der Waals surface area contributed by atoms with Crippen molar-refractivity contribution in [3.8, 4) is 11.1 Å². The molecule has 3 heteroatoms. The van der Waals surface area contributed by atoms with Gasteiger partial charge < -0.3 is 0 Å². The average molecular weight is 260 g/mol. The second kappa shape index (κ2) is 4.26. The Bertz CT molecular complexity index is 676. The van der Waals surface area contributed by atoms with Gasteiger partial charge in [-0.25, -0.2) is 13.2 Å². The lowest BCUT2D eigenvalue weighted by atomic mass is 9.97. The lowest BCUT2D eigenvalue weighted by Gasteiger charge is -2.08. The van der Waals surface area contributed by atoms with Crippen LogP contribution in [0.4, 0.5) is 13.2 Å². The van der Waals surface area contributed by atoms with E-state index in [-0.39, 0.29) is 0 Å². The highest BCUT2D eigenvalue weighted by Gasteiger charge is 2.17. The van der Waals surface area contributed by atoms with Gasteiger partial charge in [0.25, 0.3) is 0 Å². The van der Waals surface area contributed by atoms with Gasteiger partial charge in [-0.2, -0.15) is 0 Å². The fourth-order valence-corrected chi connectivity index (χ4v) is 2.50. The van der Waals surface area contributed by atoms with E-state index in [1.54, 1.807) is 6.07 Å². The van der Waals surface area contributed by atoms with Crippen LogP contribution < -0.4 is 0 Å². The van der Waals surface area contributed by atoms with E-state index in [2.05, 4.69) is 0 Å². The van der Waals surface area contributed by atoms with Gasteiger partial charge in [-0.3, -0.25) is 0 Å². The van der Waals surface area contributed by atoms with Gasteiger partial charge >= 0.3 is 0 Å². The minimum Gasteiger partial charge on any atom is -0.204 e. The zero-order chi connectivity index (χ0) is 13.6. The Balaban J connectivity index is 2.22. The van der Waals surface area contributed by atoms with Crippen molar-refractivity contribution in [3.05, 3.63) is 64.5 Å². The summed E-state index contributed by atoms with van der Waals surface area (Å²) in [5, 5.41) is 0. The van der Waals surface area contributed by atoms with Crippen LogP contribution in [0.3, 0.4) is 0 Å². The van der Waals surface area contributed by atoms with Crippen molar-refractivity contribution in [2.75, 3.05) is 0 Å². The van der Waals surface area contributed by atoms with E-state index < -0.39 is 17.5 Å². The predicted molar refractivity (Wildman–Crippen MR) is 69.1 cm³/mol. The van der Waals surface area contributed by atoms with Crippen molar-refractivity contribution in [3.63, 3.8) is 0 Å². The fraction of sp³-hybridized carbons (Fsp3) is 0.125. The van der Waals surface area contributed by atoms with Gasteiger partial charge in [-0.1, -0.05) is 29.8 Å². The first-order valence-corrected chi connectivity index (χ1v) is 6.00. The third-order valence-electron chi connectivity index (χ3n) is 3.35. The summed E-state index contributed by atoms with van der Waals surface area (Å²) in [7, 11) is 0. The van der Waals surface area contributed by atoms with E-state index >= 15 is 0 Å². The summed E-state index contributed by atoms with van der Waals surface area (Å²) in [4.78, 5) is 0. The third-order valence-corrected chi connectivity index (χ3v) is 3.35. The van der Waals surface area contributed by atoms with Gasteiger partial charge in [0.1, 0.15) is 0 Å². The Hall–Kier alpha value is -2.03. The van der Waals surface area contributed by atoms with Crippen molar-refractivity contribution in [1.29, 1.82) is 0 Å². The number of rotatable bonds is 1. The van der Waals surface area contributed by atoms with Crippen molar-refractivity contribution in [1.82, 2.24) is 0 Å². The molecule has 0 spiro atoms. The summed E-state index contributed by atoms with van der Waals surface area (Å²) >= 11 is 0. The summed E-state index contributed by atoms with van der Waals surface area (Å²) in [6, 6.07) is 7.70. The molecule has 0 saturated heterocycles. The Morgan fingerprint density at radius 1 is 1.00 bits per heavy atom. The average Bonchev–Trinajstić information content (AvgIpc) is 2.75. The lowest BCUT2D eigenvalue weighted by molar-refractivity contribution is 0.447. The highest BCUT2D eigenvalue weighted by atomic mass is 19.2. The van der Waals surface area contributed by atoms with Crippen LogP contribution in [-0.4, -0.2) is 0 Å². The highest BCUT2D eigenvalue weighted by molar-refractivity contribution is 5.80. The maximum Gasteiger partial charge on any atom is 0.194 e. The van der Waals surface area contributed by atoms with Crippen LogP contribution in [0.25, 0.3) is 17.2 Å². The summed E-state index contributed by atoms with van der Waals surface area (Å²) in [5.41, 5.74) is 4.38. The van der Waals surface area contributed by atoms with Crippen LogP contribution in [0, 0.1) is 17.5 Å². The van der Waals surface area contributed by atoms with Crippen LogP contribution in [0.5, 0.6) is 0 Å². The minimum absolute atomic E-state index is 0.360. The van der Waals surface area contributed by atoms with Gasteiger partial charge in [0.15, 0.2) is 17.5 Å². The van der Waals surface area contributed by atoms with Crippen LogP contribution in [-0.2, 0) is 6.42 Å². The number of hydrogen-bond acceptors (Lipinski definition) is 0. The largest absolute Gasteiger partial charge is 0.204 e. The van der Waals surface area contributed by atoms with Gasteiger partial charge in [0.05, 0.1) is 0 Å². The van der Waals surface area contributed by atoms with Crippen molar-refractivity contribution >= 4 is 6.08 Å². The van der Waals surface area contributed by atoms with Crippen LogP contribution in [0.1, 0.15) is 18.1 Å². The summed E-state index contributed by atoms with van der Waals surface area (Å²) in [6.07, 6.45) is 2.85. The predicted octanol–water partition coefficient (Wildman–Crippen LogP) is 4.73. The molecular formula is C16H11F3. The molecule has 0 unspecified atom stereocenters. The quantitative estimate of drug-likeness (QED) is 0.650. The lowest BCUT2D eigenvalue weighted by Crippen LogP contribution is -1.93. The van der Waals surface area contributed by atoms with E-state index in [1.165, 1.54) is 5.57 Å². The maximum atomic E-state index is 13.3. The normalized spacial score (nSPS) is 13.4. The Kier molecular flexibility index (Phi) is 2.70. The molecule has 0 nitrogen and oxygen atoms in total. The molecule has 19 heavy (non-hydrogen) atoms. The molecule has 0 N–H and O–H groups in total. The molecule has 0 aromatic heterocycles. The Morgan fingerprint density at radius 3 is 2.37 bits per heavy atom. The zero-order valence-electron chi connectivity index (χ0n) is 10.3. The molecule has 1 aliphatic rings. The molecule has 0 atom stereocenters. The number of allylic oxidation sites excluding steroid dienone is 1. The molecule has 0 fully saturated rings. The number of benzene rings is 2. The van der Waals surface area contributed by atoms with E-state index in [1.807, 2.05) is 25.1 Å². The highest BCUT2D eigenvalue weighted by Crippen LogP contribution is 2.34. The van der Waals surface area contributed by atoms with Crippen LogP contribution >= 0.6 is 0 Å². The van der Waals surface area contributed by atoms with Gasteiger partial charge in [-0.05, 0) is 47.7 Å². The molecule has 3 rings (SSSR count). The Labute approximate surface area is 109 Å². The van der Waals surface area contributed by atoms with Crippen LogP contribution in [0.2, 0.25) is 0 Å². The first kappa shape index (κ1) is 12.0. The minimum atomic E-state index is -1.43. The molecule has 0 aliphatic heterocycles. The van der Waals surface area contributed by atoms with E-state index in [4.69, 9.17) is 0 Å². The summed E-state index contributed by atoms with van der Waals surface area (Å²) in [6.45, 7) is 2.01. The molecule has 0 heterocycles. The van der Waals surface area contributed by atoms with Crippen molar-refractivity contribution in [2.45, 2.75) is 13.3 Å². The third kappa shape index (κ3) is 1.95. The van der Waals surface area contributed by atoms with Crippen LogP contribution in [0.15, 0.2) is 35.9 Å². The number of halogens is 3. The zero-order valence-corrected chi connectivity index (χ0v) is 10.3. The second-order valence-electron chi connectivity index (χ2n) is 4.80. The summed E-state index contributed by atoms with van der Waals surface area (Å²) < 4.78 is 39.6. The molecule has 0 saturated carbocycles. The molecule has 0 radical (unpaired) electrons. The molecule has 1 aliphatic carbocycles. The SMILES string of the molecule is CC1=Cc2c(cccc2-c2cc(F)c(F)c(F)c2)C1. The number of fused-ring (bicyclic) bond motifs is 1.